The summed E-state index contributed by atoms with van der Waals surface area (Å²) in [4.78, 5) is 35.7. The molecule has 3 rings (SSSR count). The number of rotatable bonds is 24. The second kappa shape index (κ2) is 21.6. The number of hydrogen-bond acceptors (Lipinski definition) is 8. The minimum Gasteiger partial charge on any atom is -0.494 e. The van der Waals surface area contributed by atoms with Gasteiger partial charge in [-0.05, 0) is 68.5 Å². The molecule has 0 saturated carbocycles. The lowest BCUT2D eigenvalue weighted by Crippen LogP contribution is -2.44. The van der Waals surface area contributed by atoms with Gasteiger partial charge in [0.15, 0.2) is 0 Å². The molecule has 2 aromatic carbocycles. The summed E-state index contributed by atoms with van der Waals surface area (Å²) < 4.78 is 11.3. The van der Waals surface area contributed by atoms with Crippen LogP contribution in [0, 0.1) is 0 Å². The van der Waals surface area contributed by atoms with Crippen molar-refractivity contribution in [2.24, 2.45) is 0 Å². The van der Waals surface area contributed by atoms with Crippen LogP contribution in [0.4, 0.5) is 0 Å². The lowest BCUT2D eigenvalue weighted by Gasteiger charge is -2.24. The van der Waals surface area contributed by atoms with Crippen LogP contribution in [0.5, 0.6) is 5.75 Å². The topological polar surface area (TPSA) is 156 Å². The summed E-state index contributed by atoms with van der Waals surface area (Å²) in [6.45, 7) is 5.96. The first-order valence-electron chi connectivity index (χ1n) is 17.9. The van der Waals surface area contributed by atoms with Gasteiger partial charge in [0.2, 0.25) is 11.7 Å². The SMILES string of the molecule is CC(C)(C)OC(=O)[C@H](CCC(=O)O)NC(=O)CCCCCCCCCCCCCCCOc1ccc(-c2ccc(-c3nn[nH]n3)cc2)cc1. The predicted octanol–water partition coefficient (Wildman–Crippen LogP) is 8.07. The summed E-state index contributed by atoms with van der Waals surface area (Å²) in [6.07, 6.45) is 15.2. The largest absolute Gasteiger partial charge is 0.494 e. The van der Waals surface area contributed by atoms with Crippen LogP contribution in [0.3, 0.4) is 0 Å². The number of ether oxygens (including phenoxy) is 2. The van der Waals surface area contributed by atoms with Gasteiger partial charge in [-0.1, -0.05) is 107 Å². The van der Waals surface area contributed by atoms with Crippen molar-refractivity contribution in [2.45, 2.75) is 135 Å². The monoisotopic (exact) mass is 677 g/mol. The molecule has 3 N–H and O–H groups in total. The normalized spacial score (nSPS) is 12.0. The van der Waals surface area contributed by atoms with Gasteiger partial charge in [-0.15, -0.1) is 10.2 Å². The number of carboxylic acids is 1. The zero-order valence-electron chi connectivity index (χ0n) is 29.5. The lowest BCUT2D eigenvalue weighted by atomic mass is 10.0. The van der Waals surface area contributed by atoms with Crippen molar-refractivity contribution < 1.29 is 29.0 Å². The van der Waals surface area contributed by atoms with E-state index >= 15 is 0 Å². The number of unbranched alkanes of at least 4 members (excludes halogenated alkanes) is 12. The van der Waals surface area contributed by atoms with Gasteiger partial charge in [-0.2, -0.15) is 5.21 Å². The number of tetrazole rings is 1. The second-order valence-corrected chi connectivity index (χ2v) is 13.6. The highest BCUT2D eigenvalue weighted by atomic mass is 16.6. The summed E-state index contributed by atoms with van der Waals surface area (Å²) >= 11 is 0. The Labute approximate surface area is 290 Å². The average Bonchev–Trinajstić information content (AvgIpc) is 3.61. The quantitative estimate of drug-likeness (QED) is 0.0630. The van der Waals surface area contributed by atoms with Crippen LogP contribution in [0.1, 0.15) is 124 Å². The minimum absolute atomic E-state index is 0.0186. The zero-order valence-corrected chi connectivity index (χ0v) is 29.5. The molecule has 1 aromatic heterocycles. The molecule has 3 aromatic rings. The third-order valence-electron chi connectivity index (χ3n) is 8.17. The molecule has 11 heteroatoms. The van der Waals surface area contributed by atoms with Crippen molar-refractivity contribution in [1.82, 2.24) is 25.9 Å². The smallest absolute Gasteiger partial charge is 0.329 e. The van der Waals surface area contributed by atoms with E-state index in [2.05, 4.69) is 50.2 Å². The number of nitrogens with zero attached hydrogens (tertiary/aromatic N) is 3. The van der Waals surface area contributed by atoms with E-state index in [4.69, 9.17) is 14.6 Å². The number of esters is 1. The Balaban J connectivity index is 1.12. The van der Waals surface area contributed by atoms with Crippen molar-refractivity contribution in [3.05, 3.63) is 48.5 Å². The number of nitrogens with one attached hydrogen (secondary N) is 2. The number of H-pyrrole nitrogens is 1. The fraction of sp³-hybridized carbons (Fsp3) is 0.579. The molecule has 1 heterocycles. The number of aromatic amines is 1. The molecule has 0 aliphatic rings. The molecule has 1 atom stereocenters. The predicted molar refractivity (Wildman–Crippen MR) is 190 cm³/mol. The molecular formula is C38H55N5O6. The van der Waals surface area contributed by atoms with Gasteiger partial charge in [-0.25, -0.2) is 4.79 Å². The third kappa shape index (κ3) is 16.6. The summed E-state index contributed by atoms with van der Waals surface area (Å²) in [5, 5.41) is 25.8. The minimum atomic E-state index is -1.01. The molecule has 0 unspecified atom stereocenters. The summed E-state index contributed by atoms with van der Waals surface area (Å²) in [7, 11) is 0. The van der Waals surface area contributed by atoms with Crippen LogP contribution < -0.4 is 10.1 Å². The van der Waals surface area contributed by atoms with E-state index in [9.17, 15) is 14.4 Å². The maximum absolute atomic E-state index is 12.4. The Bertz CT molecular complexity index is 1370. The lowest BCUT2D eigenvalue weighted by molar-refractivity contribution is -0.159. The number of carbonyl (C=O) groups excluding carboxylic acids is 2. The fourth-order valence-corrected chi connectivity index (χ4v) is 5.52. The van der Waals surface area contributed by atoms with Crippen molar-refractivity contribution in [1.29, 1.82) is 0 Å². The van der Waals surface area contributed by atoms with Crippen LogP contribution in [-0.4, -0.2) is 61.8 Å². The average molecular weight is 678 g/mol. The third-order valence-corrected chi connectivity index (χ3v) is 8.17. The maximum atomic E-state index is 12.4. The molecule has 0 saturated heterocycles. The number of aromatic nitrogens is 4. The summed E-state index contributed by atoms with van der Waals surface area (Å²) in [5.74, 6) is -0.352. The van der Waals surface area contributed by atoms with E-state index in [1.54, 1.807) is 20.8 Å². The number of aliphatic carboxylic acids is 1. The highest BCUT2D eigenvalue weighted by molar-refractivity contribution is 5.85. The van der Waals surface area contributed by atoms with E-state index < -0.39 is 23.6 Å². The van der Waals surface area contributed by atoms with Crippen LogP contribution in [0.2, 0.25) is 0 Å². The summed E-state index contributed by atoms with van der Waals surface area (Å²) in [5.41, 5.74) is 2.48. The molecule has 268 valence electrons. The molecule has 0 spiro atoms. The highest BCUT2D eigenvalue weighted by Crippen LogP contribution is 2.25. The Hall–Kier alpha value is -4.28. The van der Waals surface area contributed by atoms with E-state index in [1.165, 1.54) is 57.8 Å². The second-order valence-electron chi connectivity index (χ2n) is 13.6. The molecule has 0 bridgehead atoms. The van der Waals surface area contributed by atoms with Crippen LogP contribution >= 0.6 is 0 Å². The van der Waals surface area contributed by atoms with Crippen molar-refractivity contribution in [3.63, 3.8) is 0 Å². The van der Waals surface area contributed by atoms with Gasteiger partial charge < -0.3 is 19.9 Å². The molecule has 0 aliphatic carbocycles. The Morgan fingerprint density at radius 3 is 1.76 bits per heavy atom. The van der Waals surface area contributed by atoms with Crippen molar-refractivity contribution >= 4 is 17.8 Å². The van der Waals surface area contributed by atoms with Gasteiger partial charge in [0.25, 0.3) is 0 Å². The fourth-order valence-electron chi connectivity index (χ4n) is 5.52. The molecule has 0 fully saturated rings. The molecule has 11 nitrogen and oxygen atoms in total. The number of hydrogen-bond donors (Lipinski definition) is 3. The zero-order chi connectivity index (χ0) is 35.3. The van der Waals surface area contributed by atoms with Gasteiger partial charge in [0.1, 0.15) is 17.4 Å². The van der Waals surface area contributed by atoms with Crippen LogP contribution in [0.15, 0.2) is 48.5 Å². The first kappa shape index (κ1) is 39.2. The summed E-state index contributed by atoms with van der Waals surface area (Å²) in [6, 6.07) is 15.4. The number of amides is 1. The molecule has 1 amide bonds. The van der Waals surface area contributed by atoms with E-state index in [0.717, 1.165) is 54.7 Å². The van der Waals surface area contributed by atoms with Gasteiger partial charge in [0, 0.05) is 18.4 Å². The van der Waals surface area contributed by atoms with Crippen molar-refractivity contribution in [2.75, 3.05) is 6.61 Å². The van der Waals surface area contributed by atoms with Gasteiger partial charge in [0.05, 0.1) is 6.61 Å². The molecule has 0 radical (unpaired) electrons. The van der Waals surface area contributed by atoms with Crippen LogP contribution in [-0.2, 0) is 19.1 Å². The first-order valence-corrected chi connectivity index (χ1v) is 17.9. The first-order chi connectivity index (χ1) is 23.6. The molecular weight excluding hydrogens is 622 g/mol. The van der Waals surface area contributed by atoms with E-state index in [-0.39, 0.29) is 18.7 Å². The number of benzene rings is 2. The number of carboxylic acid groups (broad SMARTS) is 1. The molecule has 49 heavy (non-hydrogen) atoms. The highest BCUT2D eigenvalue weighted by Gasteiger charge is 2.27. The van der Waals surface area contributed by atoms with Gasteiger partial charge >= 0.3 is 11.9 Å². The van der Waals surface area contributed by atoms with Crippen molar-refractivity contribution in [3.8, 4) is 28.3 Å². The molecule has 0 aliphatic heterocycles. The van der Waals surface area contributed by atoms with Gasteiger partial charge in [-0.3, -0.25) is 9.59 Å². The maximum Gasteiger partial charge on any atom is 0.329 e. The number of carbonyl (C=O) groups is 3. The Kier molecular flexibility index (Phi) is 17.3. The Morgan fingerprint density at radius 2 is 1.24 bits per heavy atom. The Morgan fingerprint density at radius 1 is 0.735 bits per heavy atom. The van der Waals surface area contributed by atoms with E-state index in [1.807, 2.05) is 24.3 Å². The van der Waals surface area contributed by atoms with Crippen LogP contribution in [0.25, 0.3) is 22.5 Å². The van der Waals surface area contributed by atoms with E-state index in [0.29, 0.717) is 12.2 Å². The standard InChI is InChI=1S/C38H55N5O6/c1-38(2,3)49-37(47)33(26-27-35(45)46)39-34(44)17-15-13-11-9-7-5-4-6-8-10-12-14-16-28-48-32-24-22-30(23-25-32)29-18-20-31(21-19-29)36-40-42-43-41-36/h18-25,33H,4-17,26-28H2,1-3H3,(H,39,44)(H,45,46)(H,40,41,42,43)/t33-/m0/s1.